The molecule has 3 aromatic rings. The molecule has 0 amide bonds. The van der Waals surface area contributed by atoms with Gasteiger partial charge in [-0.1, -0.05) is 42.5 Å². The number of fused-ring (bicyclic) bond motifs is 3. The zero-order chi connectivity index (χ0) is 26.4. The number of benzene rings is 2. The van der Waals surface area contributed by atoms with E-state index in [1.54, 1.807) is 38.1 Å². The molecule has 8 nitrogen and oxygen atoms in total. The van der Waals surface area contributed by atoms with Crippen molar-refractivity contribution in [2.45, 2.75) is 42.7 Å². The molecule has 0 radical (unpaired) electrons. The van der Waals surface area contributed by atoms with Gasteiger partial charge in [-0.25, -0.2) is 0 Å². The quantitative estimate of drug-likeness (QED) is 0.389. The summed E-state index contributed by atoms with van der Waals surface area (Å²) in [5, 5.41) is 47.7. The maximum absolute atomic E-state index is 12.7. The molecule has 1 aliphatic heterocycles. The summed E-state index contributed by atoms with van der Waals surface area (Å²) < 4.78 is 12.3. The molecule has 1 aliphatic carbocycles. The largest absolute Gasteiger partial charge is 0.495 e. The Morgan fingerprint density at radius 2 is 1.84 bits per heavy atom. The first-order valence-electron chi connectivity index (χ1n) is 12.3. The van der Waals surface area contributed by atoms with Crippen molar-refractivity contribution in [3.05, 3.63) is 89.2 Å². The molecule has 2 aliphatic rings. The normalized spacial score (nSPS) is 28.2. The summed E-state index contributed by atoms with van der Waals surface area (Å²) in [6, 6.07) is 18.7. The fourth-order valence-electron chi connectivity index (χ4n) is 6.10. The van der Waals surface area contributed by atoms with Crippen LogP contribution in [-0.2, 0) is 11.2 Å². The lowest BCUT2D eigenvalue weighted by molar-refractivity contribution is -0.152. The van der Waals surface area contributed by atoms with Crippen molar-refractivity contribution in [2.75, 3.05) is 20.2 Å². The van der Waals surface area contributed by atoms with Crippen molar-refractivity contribution in [2.24, 2.45) is 5.92 Å². The van der Waals surface area contributed by atoms with Gasteiger partial charge in [0.1, 0.15) is 11.5 Å². The van der Waals surface area contributed by atoms with Crippen molar-refractivity contribution in [1.82, 2.24) is 10.3 Å². The molecule has 192 valence electrons. The van der Waals surface area contributed by atoms with E-state index < -0.39 is 34.7 Å². The highest BCUT2D eigenvalue weighted by molar-refractivity contribution is 5.59. The van der Waals surface area contributed by atoms with Crippen molar-refractivity contribution in [3.8, 4) is 17.6 Å². The van der Waals surface area contributed by atoms with Crippen LogP contribution in [0.3, 0.4) is 0 Å². The van der Waals surface area contributed by atoms with E-state index in [0.717, 1.165) is 5.56 Å². The Hall–Kier alpha value is -3.48. The van der Waals surface area contributed by atoms with E-state index in [1.165, 1.54) is 19.5 Å². The van der Waals surface area contributed by atoms with E-state index in [9.17, 15) is 20.6 Å². The lowest BCUT2D eigenvalue weighted by atomic mass is 9.70. The second-order valence-electron chi connectivity index (χ2n) is 10.4. The molecular formula is C29H31N3O5. The Balaban J connectivity index is 1.76. The number of hydrogen-bond acceptors (Lipinski definition) is 8. The number of rotatable bonds is 7. The number of nitrogens with zero attached hydrogens (tertiary/aromatic N) is 2. The zero-order valence-electron chi connectivity index (χ0n) is 21.0. The predicted octanol–water partition coefficient (Wildman–Crippen LogP) is 2.57. The van der Waals surface area contributed by atoms with E-state index in [2.05, 4.69) is 16.4 Å². The molecule has 5 atom stereocenters. The number of ether oxygens (including phenoxy) is 2. The molecule has 2 heterocycles. The van der Waals surface area contributed by atoms with Gasteiger partial charge in [-0.2, -0.15) is 5.26 Å². The van der Waals surface area contributed by atoms with Gasteiger partial charge in [0.25, 0.3) is 0 Å². The molecule has 0 saturated heterocycles. The van der Waals surface area contributed by atoms with Crippen LogP contribution in [-0.4, -0.2) is 52.2 Å². The molecule has 8 heteroatoms. The zero-order valence-corrected chi connectivity index (χ0v) is 21.0. The van der Waals surface area contributed by atoms with E-state index >= 15 is 0 Å². The first-order chi connectivity index (χ1) is 17.7. The number of hydrogen-bond donors (Lipinski definition) is 4. The minimum absolute atomic E-state index is 0.296. The van der Waals surface area contributed by atoms with Crippen LogP contribution in [0.15, 0.2) is 67.0 Å². The van der Waals surface area contributed by atoms with E-state index in [1.807, 2.05) is 30.3 Å². The SMILES string of the molecule is COc1cncc2c1[C@]1(O)[C@H](O)[C@H](CNCC(C)(C)O)[C@@H](c3ccccc3)[C@]1(c1ccc(C#N)cc1)O2. The van der Waals surface area contributed by atoms with Crippen LogP contribution < -0.4 is 14.8 Å². The third-order valence-electron chi connectivity index (χ3n) is 7.55. The molecule has 37 heavy (non-hydrogen) atoms. The summed E-state index contributed by atoms with van der Waals surface area (Å²) >= 11 is 0. The first kappa shape index (κ1) is 25.2. The van der Waals surface area contributed by atoms with Crippen LogP contribution in [0.1, 0.15) is 42.0 Å². The Labute approximate surface area is 216 Å². The van der Waals surface area contributed by atoms with Gasteiger partial charge in [0.2, 0.25) is 0 Å². The van der Waals surface area contributed by atoms with Crippen molar-refractivity contribution >= 4 is 0 Å². The van der Waals surface area contributed by atoms with Crippen molar-refractivity contribution in [1.29, 1.82) is 5.26 Å². The predicted molar refractivity (Wildman–Crippen MR) is 136 cm³/mol. The monoisotopic (exact) mass is 501 g/mol. The van der Waals surface area contributed by atoms with E-state index in [-0.39, 0.29) is 0 Å². The maximum atomic E-state index is 12.7. The number of aromatic nitrogens is 1. The van der Waals surface area contributed by atoms with Crippen LogP contribution in [0, 0.1) is 17.2 Å². The van der Waals surface area contributed by atoms with Crippen LogP contribution in [0.2, 0.25) is 0 Å². The number of nitrogens with one attached hydrogen (secondary N) is 1. The molecule has 5 rings (SSSR count). The summed E-state index contributed by atoms with van der Waals surface area (Å²) in [7, 11) is 1.49. The Bertz CT molecular complexity index is 1320. The molecule has 0 bridgehead atoms. The van der Waals surface area contributed by atoms with Crippen molar-refractivity contribution < 1.29 is 24.8 Å². The highest BCUT2D eigenvalue weighted by atomic mass is 16.5. The average molecular weight is 502 g/mol. The summed E-state index contributed by atoms with van der Waals surface area (Å²) in [6.07, 6.45) is 1.75. The number of aliphatic hydroxyl groups is 3. The van der Waals surface area contributed by atoms with Crippen LogP contribution in [0.4, 0.5) is 0 Å². The van der Waals surface area contributed by atoms with E-state index in [4.69, 9.17) is 9.47 Å². The molecular weight excluding hydrogens is 470 g/mol. The minimum Gasteiger partial charge on any atom is -0.495 e. The van der Waals surface area contributed by atoms with Gasteiger partial charge in [0, 0.05) is 24.9 Å². The summed E-state index contributed by atoms with van der Waals surface area (Å²) in [5.41, 5.74) is -2.03. The van der Waals surface area contributed by atoms with Gasteiger partial charge >= 0.3 is 0 Å². The summed E-state index contributed by atoms with van der Waals surface area (Å²) in [6.45, 7) is 4.01. The van der Waals surface area contributed by atoms with Gasteiger partial charge in [-0.3, -0.25) is 4.98 Å². The second-order valence-corrected chi connectivity index (χ2v) is 10.4. The molecule has 1 aromatic heterocycles. The highest BCUT2D eigenvalue weighted by Crippen LogP contribution is 2.69. The molecule has 0 unspecified atom stereocenters. The average Bonchev–Trinajstić information content (AvgIpc) is 3.27. The van der Waals surface area contributed by atoms with Gasteiger partial charge in [-0.05, 0) is 37.1 Å². The fraction of sp³-hybridized carbons (Fsp3) is 0.379. The van der Waals surface area contributed by atoms with E-state index in [0.29, 0.717) is 41.3 Å². The Morgan fingerprint density at radius 1 is 1.14 bits per heavy atom. The summed E-state index contributed by atoms with van der Waals surface area (Å²) in [5.74, 6) is -0.398. The van der Waals surface area contributed by atoms with Gasteiger partial charge in [0.15, 0.2) is 11.2 Å². The van der Waals surface area contributed by atoms with Crippen LogP contribution in [0.25, 0.3) is 0 Å². The number of nitriles is 1. The third kappa shape index (κ3) is 3.78. The second kappa shape index (κ2) is 9.12. The number of aliphatic hydroxyl groups excluding tert-OH is 1. The molecule has 2 aromatic carbocycles. The minimum atomic E-state index is -1.91. The smallest absolute Gasteiger partial charge is 0.177 e. The number of methoxy groups -OCH3 is 1. The topological polar surface area (TPSA) is 128 Å². The maximum Gasteiger partial charge on any atom is 0.177 e. The van der Waals surface area contributed by atoms with Crippen LogP contribution in [0.5, 0.6) is 11.5 Å². The first-order valence-corrected chi connectivity index (χ1v) is 12.3. The molecule has 0 spiro atoms. The van der Waals surface area contributed by atoms with Crippen LogP contribution >= 0.6 is 0 Å². The Morgan fingerprint density at radius 3 is 2.46 bits per heavy atom. The lowest BCUT2D eigenvalue weighted by Gasteiger charge is -2.41. The fourth-order valence-corrected chi connectivity index (χ4v) is 6.10. The molecule has 1 fully saturated rings. The molecule has 1 saturated carbocycles. The van der Waals surface area contributed by atoms with Gasteiger partial charge in [-0.15, -0.1) is 0 Å². The highest BCUT2D eigenvalue weighted by Gasteiger charge is 2.76. The standard InChI is InChI=1S/C29H31N3O5/c1-27(2,34)17-32-14-21-24(19-7-5-4-6-8-19)29(20-11-9-18(13-30)10-12-20)28(35,26(21)33)25-22(36-3)15-31-16-23(25)37-29/h4-12,15-16,21,24,26,32-35H,14,17H2,1-3H3/t21-,24-,26-,28+,29+/m1/s1. The summed E-state index contributed by atoms with van der Waals surface area (Å²) in [4.78, 5) is 4.23. The molecule has 4 N–H and O–H groups in total. The van der Waals surface area contributed by atoms with Gasteiger partial charge in [0.05, 0.1) is 48.4 Å². The lowest BCUT2D eigenvalue weighted by Crippen LogP contribution is -2.52. The number of pyridine rings is 1. The Kier molecular flexibility index (Phi) is 6.21. The van der Waals surface area contributed by atoms with Crippen molar-refractivity contribution in [3.63, 3.8) is 0 Å². The van der Waals surface area contributed by atoms with Gasteiger partial charge < -0.3 is 30.1 Å². The third-order valence-corrected chi connectivity index (χ3v) is 7.55.